The molecule has 1 heterocycles. The Morgan fingerprint density at radius 2 is 1.70 bits per heavy atom. The molecule has 0 atom stereocenters. The minimum atomic E-state index is -3.73. The van der Waals surface area contributed by atoms with Crippen molar-refractivity contribution in [1.29, 1.82) is 0 Å². The van der Waals surface area contributed by atoms with Crippen LogP contribution in [0.25, 0.3) is 0 Å². The molecular weight excluding hydrogens is 371 g/mol. The summed E-state index contributed by atoms with van der Waals surface area (Å²) in [4.78, 5) is 24.6. The monoisotopic (exact) mass is 390 g/mol. The standard InChI is InChI=1S/C19H19FN2O4S/c1-19(2)12-27(25,26)22(18(19)24)16-9-5-14(6-10-16)17(23)21-11-13-3-7-15(20)8-4-13/h3-10H,11-12H2,1-2H3,(H,21,23). The van der Waals surface area contributed by atoms with Gasteiger partial charge in [0, 0.05) is 12.1 Å². The maximum atomic E-state index is 12.9. The van der Waals surface area contributed by atoms with Crippen LogP contribution in [0.1, 0.15) is 29.8 Å². The lowest BCUT2D eigenvalue weighted by atomic mass is 9.95. The van der Waals surface area contributed by atoms with Crippen molar-refractivity contribution in [2.75, 3.05) is 10.1 Å². The largest absolute Gasteiger partial charge is 0.348 e. The van der Waals surface area contributed by atoms with Crippen molar-refractivity contribution in [3.63, 3.8) is 0 Å². The van der Waals surface area contributed by atoms with E-state index in [2.05, 4.69) is 5.32 Å². The normalized spacial score (nSPS) is 17.7. The minimum absolute atomic E-state index is 0.209. The lowest BCUT2D eigenvalue weighted by Gasteiger charge is -2.17. The molecule has 2 aromatic rings. The first-order chi connectivity index (χ1) is 12.6. The SMILES string of the molecule is CC1(C)CS(=O)(=O)N(c2ccc(C(=O)NCc3ccc(F)cc3)cc2)C1=O. The molecule has 3 rings (SSSR count). The summed E-state index contributed by atoms with van der Waals surface area (Å²) in [5, 5.41) is 2.70. The van der Waals surface area contributed by atoms with Crippen molar-refractivity contribution in [2.24, 2.45) is 5.41 Å². The van der Waals surface area contributed by atoms with Gasteiger partial charge in [0.05, 0.1) is 16.9 Å². The van der Waals surface area contributed by atoms with E-state index in [0.717, 1.165) is 9.87 Å². The van der Waals surface area contributed by atoms with Crippen molar-refractivity contribution < 1.29 is 22.4 Å². The summed E-state index contributed by atoms with van der Waals surface area (Å²) in [6.07, 6.45) is 0. The molecule has 1 N–H and O–H groups in total. The molecule has 142 valence electrons. The molecule has 0 aliphatic carbocycles. The first-order valence-electron chi connectivity index (χ1n) is 8.30. The number of hydrogen-bond donors (Lipinski definition) is 1. The Hall–Kier alpha value is -2.74. The summed E-state index contributed by atoms with van der Waals surface area (Å²) in [6.45, 7) is 3.41. The van der Waals surface area contributed by atoms with Crippen molar-refractivity contribution in [3.8, 4) is 0 Å². The maximum absolute atomic E-state index is 12.9. The molecule has 2 amide bonds. The highest BCUT2D eigenvalue weighted by Crippen LogP contribution is 2.35. The fraction of sp³-hybridized carbons (Fsp3) is 0.263. The topological polar surface area (TPSA) is 83.6 Å². The van der Waals surface area contributed by atoms with Crippen LogP contribution in [0.3, 0.4) is 0 Å². The number of hydrogen-bond acceptors (Lipinski definition) is 4. The minimum Gasteiger partial charge on any atom is -0.348 e. The van der Waals surface area contributed by atoms with Gasteiger partial charge in [0.1, 0.15) is 5.82 Å². The van der Waals surface area contributed by atoms with Crippen LogP contribution in [0.2, 0.25) is 0 Å². The van der Waals surface area contributed by atoms with Gasteiger partial charge in [-0.15, -0.1) is 0 Å². The number of benzene rings is 2. The van der Waals surface area contributed by atoms with Crippen LogP contribution in [0.4, 0.5) is 10.1 Å². The average Bonchev–Trinajstić information content (AvgIpc) is 2.77. The highest BCUT2D eigenvalue weighted by molar-refractivity contribution is 7.94. The van der Waals surface area contributed by atoms with E-state index in [1.165, 1.54) is 36.4 Å². The Bertz CT molecular complexity index is 983. The van der Waals surface area contributed by atoms with Gasteiger partial charge in [0.2, 0.25) is 15.9 Å². The van der Waals surface area contributed by atoms with Crippen molar-refractivity contribution >= 4 is 27.5 Å². The summed E-state index contributed by atoms with van der Waals surface area (Å²) < 4.78 is 38.3. The number of amides is 2. The summed E-state index contributed by atoms with van der Waals surface area (Å²) in [6, 6.07) is 11.6. The number of nitrogens with one attached hydrogen (secondary N) is 1. The maximum Gasteiger partial charge on any atom is 0.251 e. The summed E-state index contributed by atoms with van der Waals surface area (Å²) in [7, 11) is -3.73. The highest BCUT2D eigenvalue weighted by Gasteiger charge is 2.49. The molecule has 1 saturated heterocycles. The molecule has 0 bridgehead atoms. The van der Waals surface area contributed by atoms with Gasteiger partial charge in [-0.25, -0.2) is 17.1 Å². The van der Waals surface area contributed by atoms with E-state index in [9.17, 15) is 22.4 Å². The molecule has 0 aromatic heterocycles. The third kappa shape index (κ3) is 3.85. The Morgan fingerprint density at radius 3 is 2.22 bits per heavy atom. The van der Waals surface area contributed by atoms with Crippen LogP contribution in [0, 0.1) is 11.2 Å². The molecule has 0 saturated carbocycles. The second kappa shape index (κ2) is 6.77. The van der Waals surface area contributed by atoms with E-state index in [1.807, 2.05) is 0 Å². The Labute approximate surface area is 157 Å². The zero-order valence-corrected chi connectivity index (χ0v) is 15.7. The third-order valence-electron chi connectivity index (χ3n) is 4.32. The number of anilines is 1. The van der Waals surface area contributed by atoms with E-state index in [4.69, 9.17) is 0 Å². The third-order valence-corrected chi connectivity index (χ3v) is 6.33. The quantitative estimate of drug-likeness (QED) is 0.869. The molecule has 6 nitrogen and oxygen atoms in total. The number of carbonyl (C=O) groups excluding carboxylic acids is 2. The fourth-order valence-electron chi connectivity index (χ4n) is 2.90. The lowest BCUT2D eigenvalue weighted by Crippen LogP contribution is -2.33. The molecule has 0 radical (unpaired) electrons. The average molecular weight is 390 g/mol. The Morgan fingerprint density at radius 1 is 1.11 bits per heavy atom. The van der Waals surface area contributed by atoms with Gasteiger partial charge in [-0.2, -0.15) is 0 Å². The molecule has 8 heteroatoms. The van der Waals surface area contributed by atoms with Crippen LogP contribution in [0.5, 0.6) is 0 Å². The molecule has 0 unspecified atom stereocenters. The predicted molar refractivity (Wildman–Crippen MR) is 99.1 cm³/mol. The number of halogens is 1. The van der Waals surface area contributed by atoms with Gasteiger partial charge in [-0.1, -0.05) is 12.1 Å². The first-order valence-corrected chi connectivity index (χ1v) is 9.91. The summed E-state index contributed by atoms with van der Waals surface area (Å²) in [5.41, 5.74) is 0.298. The van der Waals surface area contributed by atoms with Crippen LogP contribution in [-0.2, 0) is 21.4 Å². The Kier molecular flexibility index (Phi) is 4.77. The zero-order valence-electron chi connectivity index (χ0n) is 14.9. The molecule has 2 aromatic carbocycles. The van der Waals surface area contributed by atoms with E-state index in [0.29, 0.717) is 5.56 Å². The van der Waals surface area contributed by atoms with E-state index in [-0.39, 0.29) is 29.7 Å². The van der Waals surface area contributed by atoms with Crippen molar-refractivity contribution in [2.45, 2.75) is 20.4 Å². The molecule has 1 aliphatic rings. The lowest BCUT2D eigenvalue weighted by molar-refractivity contribution is -0.123. The first kappa shape index (κ1) is 19.0. The van der Waals surface area contributed by atoms with Gasteiger partial charge < -0.3 is 5.32 Å². The molecule has 1 aliphatic heterocycles. The van der Waals surface area contributed by atoms with E-state index in [1.54, 1.807) is 26.0 Å². The van der Waals surface area contributed by atoms with Crippen LogP contribution in [0.15, 0.2) is 48.5 Å². The van der Waals surface area contributed by atoms with Crippen LogP contribution in [-0.4, -0.2) is 26.0 Å². The van der Waals surface area contributed by atoms with Gasteiger partial charge in [-0.3, -0.25) is 9.59 Å². The number of carbonyl (C=O) groups is 2. The smallest absolute Gasteiger partial charge is 0.251 e. The van der Waals surface area contributed by atoms with Crippen molar-refractivity contribution in [3.05, 3.63) is 65.5 Å². The van der Waals surface area contributed by atoms with Gasteiger partial charge in [-0.05, 0) is 55.8 Å². The fourth-order valence-corrected chi connectivity index (χ4v) is 5.00. The van der Waals surface area contributed by atoms with Gasteiger partial charge in [0.15, 0.2) is 0 Å². The van der Waals surface area contributed by atoms with E-state index >= 15 is 0 Å². The summed E-state index contributed by atoms with van der Waals surface area (Å²) in [5.74, 6) is -1.45. The van der Waals surface area contributed by atoms with Gasteiger partial charge in [0.25, 0.3) is 5.91 Å². The van der Waals surface area contributed by atoms with Crippen LogP contribution >= 0.6 is 0 Å². The zero-order chi connectivity index (χ0) is 19.8. The molecule has 1 fully saturated rings. The molecular formula is C19H19FN2O4S. The van der Waals surface area contributed by atoms with Gasteiger partial charge >= 0.3 is 0 Å². The Balaban J connectivity index is 1.72. The highest BCUT2D eigenvalue weighted by atomic mass is 32.2. The molecule has 0 spiro atoms. The predicted octanol–water partition coefficient (Wildman–Crippen LogP) is 2.46. The number of sulfonamides is 1. The second-order valence-corrected chi connectivity index (χ2v) is 8.88. The van der Waals surface area contributed by atoms with E-state index < -0.39 is 21.3 Å². The number of nitrogens with zero attached hydrogens (tertiary/aromatic N) is 1. The number of rotatable bonds is 4. The summed E-state index contributed by atoms with van der Waals surface area (Å²) >= 11 is 0. The second-order valence-electron chi connectivity index (χ2n) is 7.07. The molecule has 27 heavy (non-hydrogen) atoms. The van der Waals surface area contributed by atoms with Crippen molar-refractivity contribution in [1.82, 2.24) is 5.32 Å². The van der Waals surface area contributed by atoms with Crippen LogP contribution < -0.4 is 9.62 Å².